The monoisotopic (exact) mass is 548 g/mol. The number of allylic oxidation sites excluding steroid dienone is 7. The number of piperazine rings is 1. The molecule has 2 aliphatic carbocycles. The first-order valence-corrected chi connectivity index (χ1v) is 15.2. The van der Waals surface area contributed by atoms with Crippen LogP contribution in [0.2, 0.25) is 0 Å². The van der Waals surface area contributed by atoms with E-state index < -0.39 is 0 Å². The molecule has 0 bridgehead atoms. The first-order chi connectivity index (χ1) is 19.6. The van der Waals surface area contributed by atoms with Crippen molar-refractivity contribution in [3.8, 4) is 0 Å². The zero-order valence-electron chi connectivity index (χ0n) is 25.4. The summed E-state index contributed by atoms with van der Waals surface area (Å²) in [4.78, 5) is 21.8. The largest absolute Gasteiger partial charge is 0.353 e. The van der Waals surface area contributed by atoms with Crippen molar-refractivity contribution < 1.29 is 0 Å². The summed E-state index contributed by atoms with van der Waals surface area (Å²) in [7, 11) is 1.85. The average Bonchev–Trinajstić information content (AvgIpc) is 3.50. The highest BCUT2D eigenvalue weighted by Gasteiger charge is 2.29. The quantitative estimate of drug-likeness (QED) is 0.222. The normalized spacial score (nSPS) is 21.3. The van der Waals surface area contributed by atoms with Gasteiger partial charge in [0, 0.05) is 64.3 Å². The summed E-state index contributed by atoms with van der Waals surface area (Å²) in [6, 6.07) is 0.417. The van der Waals surface area contributed by atoms with E-state index in [1.165, 1.54) is 37.2 Å². The van der Waals surface area contributed by atoms with E-state index in [9.17, 15) is 0 Å². The minimum absolute atomic E-state index is 0.109. The Bertz CT molecular complexity index is 988. The van der Waals surface area contributed by atoms with Crippen molar-refractivity contribution in [1.82, 2.24) is 25.3 Å². The number of rotatable bonds is 11. The van der Waals surface area contributed by atoms with Crippen LogP contribution in [0.3, 0.4) is 0 Å². The Hall–Kier alpha value is -2.97. The summed E-state index contributed by atoms with van der Waals surface area (Å²) in [6.45, 7) is 17.7. The molecule has 0 radical (unpaired) electrons. The van der Waals surface area contributed by atoms with Crippen LogP contribution in [0.15, 0.2) is 75.4 Å². The molecule has 2 N–H and O–H groups in total. The molecular formula is C32H52N8. The smallest absolute Gasteiger partial charge is 0.223 e. The second kappa shape index (κ2) is 17.7. The van der Waals surface area contributed by atoms with E-state index in [1.807, 2.05) is 38.4 Å². The van der Waals surface area contributed by atoms with Crippen LogP contribution in [0.25, 0.3) is 0 Å². The molecule has 8 heteroatoms. The third kappa shape index (κ3) is 10.2. The molecule has 0 spiro atoms. The second-order valence-electron chi connectivity index (χ2n) is 10.6. The van der Waals surface area contributed by atoms with Gasteiger partial charge < -0.3 is 20.4 Å². The Kier molecular flexibility index (Phi) is 13.9. The lowest BCUT2D eigenvalue weighted by Gasteiger charge is -2.35. The van der Waals surface area contributed by atoms with Gasteiger partial charge in [-0.25, -0.2) is 9.98 Å². The van der Waals surface area contributed by atoms with Gasteiger partial charge in [0.25, 0.3) is 0 Å². The van der Waals surface area contributed by atoms with Crippen molar-refractivity contribution in [2.24, 2.45) is 15.0 Å². The minimum atomic E-state index is -0.109. The van der Waals surface area contributed by atoms with Crippen molar-refractivity contribution >= 4 is 18.1 Å². The van der Waals surface area contributed by atoms with Crippen LogP contribution < -0.4 is 10.6 Å². The topological polar surface area (TPSA) is 70.9 Å². The van der Waals surface area contributed by atoms with Gasteiger partial charge in [-0.1, -0.05) is 68.4 Å². The number of hydrogen-bond donors (Lipinski definition) is 2. The van der Waals surface area contributed by atoms with E-state index in [4.69, 9.17) is 4.99 Å². The molecule has 2 fully saturated rings. The molecule has 1 saturated heterocycles. The van der Waals surface area contributed by atoms with Crippen molar-refractivity contribution in [2.45, 2.75) is 71.5 Å². The molecular weight excluding hydrogens is 496 g/mol. The van der Waals surface area contributed by atoms with Gasteiger partial charge in [-0.15, -0.1) is 0 Å². The first kappa shape index (κ1) is 31.6. The number of hydrogen-bond acceptors (Lipinski definition) is 4. The molecule has 1 saturated carbocycles. The van der Waals surface area contributed by atoms with Crippen LogP contribution in [0.4, 0.5) is 0 Å². The number of guanidine groups is 2. The lowest BCUT2D eigenvalue weighted by atomic mass is 10.0. The number of likely N-dealkylation sites (N-methyl/N-ethyl adjacent to an activating group) is 1. The molecule has 1 aliphatic heterocycles. The van der Waals surface area contributed by atoms with Crippen molar-refractivity contribution in [2.75, 3.05) is 52.9 Å². The van der Waals surface area contributed by atoms with E-state index in [0.717, 1.165) is 57.8 Å². The maximum Gasteiger partial charge on any atom is 0.223 e. The fourth-order valence-electron chi connectivity index (χ4n) is 5.63. The zero-order valence-corrected chi connectivity index (χ0v) is 25.4. The van der Waals surface area contributed by atoms with Gasteiger partial charge in [-0.3, -0.25) is 9.89 Å². The number of nitrogens with one attached hydrogen (secondary N) is 2. The lowest BCUT2D eigenvalue weighted by Crippen LogP contribution is -2.50. The third-order valence-electron chi connectivity index (χ3n) is 7.86. The number of nitrogens with zero attached hydrogens (tertiary/aromatic N) is 6. The molecule has 0 aromatic rings. The molecule has 40 heavy (non-hydrogen) atoms. The molecule has 0 aromatic heterocycles. The highest BCUT2D eigenvalue weighted by atomic mass is 15.4. The summed E-state index contributed by atoms with van der Waals surface area (Å²) in [5.74, 6) is 1.53. The highest BCUT2D eigenvalue weighted by molar-refractivity contribution is 5.89. The first-order valence-electron chi connectivity index (χ1n) is 15.2. The zero-order chi connectivity index (χ0) is 28.6. The van der Waals surface area contributed by atoms with Crippen LogP contribution in [0.1, 0.15) is 59.3 Å². The van der Waals surface area contributed by atoms with Crippen LogP contribution in [-0.2, 0) is 0 Å². The molecule has 0 amide bonds. The Labute approximate surface area is 243 Å². The summed E-state index contributed by atoms with van der Waals surface area (Å²) >= 11 is 0. The molecule has 1 atom stereocenters. The van der Waals surface area contributed by atoms with Gasteiger partial charge in [0.1, 0.15) is 6.17 Å². The number of aliphatic imine (C=N–C) groups is 3. The molecule has 3 aliphatic rings. The van der Waals surface area contributed by atoms with E-state index in [0.29, 0.717) is 18.5 Å². The highest BCUT2D eigenvalue weighted by Crippen LogP contribution is 2.26. The fraction of sp³-hybridized carbons (Fsp3) is 0.594. The Balaban J connectivity index is 1.66. The Morgan fingerprint density at radius 1 is 1.10 bits per heavy atom. The third-order valence-corrected chi connectivity index (χ3v) is 7.86. The van der Waals surface area contributed by atoms with Crippen molar-refractivity contribution in [3.63, 3.8) is 0 Å². The SMILES string of the molecule is C=C/C=C\C=C/CN/C(=N/C)N(C1CCCC1)C(C)/N=C(\N=C/C)NC1=CC=C(CN2CCN(CC)CC2)CC1. The van der Waals surface area contributed by atoms with E-state index in [-0.39, 0.29) is 6.17 Å². The fourth-order valence-corrected chi connectivity index (χ4v) is 5.63. The summed E-state index contributed by atoms with van der Waals surface area (Å²) < 4.78 is 0. The predicted molar refractivity (Wildman–Crippen MR) is 172 cm³/mol. The predicted octanol–water partition coefficient (Wildman–Crippen LogP) is 4.73. The van der Waals surface area contributed by atoms with Gasteiger partial charge in [0.15, 0.2) is 5.96 Å². The van der Waals surface area contributed by atoms with Crippen LogP contribution in [0.5, 0.6) is 0 Å². The summed E-state index contributed by atoms with van der Waals surface area (Å²) in [6.07, 6.45) is 22.9. The lowest BCUT2D eigenvalue weighted by molar-refractivity contribution is 0.145. The molecule has 220 valence electrons. The van der Waals surface area contributed by atoms with Crippen LogP contribution >= 0.6 is 0 Å². The van der Waals surface area contributed by atoms with E-state index in [2.05, 4.69) is 74.0 Å². The molecule has 8 nitrogen and oxygen atoms in total. The van der Waals surface area contributed by atoms with Crippen LogP contribution in [0, 0.1) is 0 Å². The maximum atomic E-state index is 5.07. The summed E-state index contributed by atoms with van der Waals surface area (Å²) in [5.41, 5.74) is 2.68. The maximum absolute atomic E-state index is 5.07. The van der Waals surface area contributed by atoms with Gasteiger partial charge in [0.2, 0.25) is 5.96 Å². The molecule has 3 rings (SSSR count). The van der Waals surface area contributed by atoms with E-state index in [1.54, 1.807) is 6.08 Å². The molecule has 1 unspecified atom stereocenters. The van der Waals surface area contributed by atoms with Gasteiger partial charge in [0.05, 0.1) is 0 Å². The Morgan fingerprint density at radius 2 is 1.85 bits per heavy atom. The van der Waals surface area contributed by atoms with Crippen molar-refractivity contribution in [3.05, 3.63) is 60.4 Å². The second-order valence-corrected chi connectivity index (χ2v) is 10.6. The summed E-state index contributed by atoms with van der Waals surface area (Å²) in [5, 5.41) is 7.04. The van der Waals surface area contributed by atoms with Crippen LogP contribution in [-0.4, -0.2) is 97.9 Å². The standard InChI is InChI=1S/C32H52N8/c1-6-9-10-11-14-21-35-32(33-5)40(30-15-12-13-16-30)27(4)36-31(34-7-2)37-29-19-17-28(18-20-29)26-39-24-22-38(8-3)23-25-39/h6-7,9-11,14,17,19,27,30H,1,8,12-13,15-16,18,20-26H2,2-5H3,(H,33,35)(H,36,37)/b10-9-,14-11-,34-7-. The van der Waals surface area contributed by atoms with E-state index >= 15 is 0 Å². The Morgan fingerprint density at radius 3 is 2.48 bits per heavy atom. The van der Waals surface area contributed by atoms with Gasteiger partial charge in [-0.05, 0) is 52.2 Å². The van der Waals surface area contributed by atoms with Gasteiger partial charge in [-0.2, -0.15) is 0 Å². The molecule has 1 heterocycles. The minimum Gasteiger partial charge on any atom is -0.353 e. The molecule has 0 aromatic carbocycles. The average molecular weight is 549 g/mol. The van der Waals surface area contributed by atoms with Gasteiger partial charge >= 0.3 is 0 Å². The van der Waals surface area contributed by atoms with Crippen molar-refractivity contribution in [1.29, 1.82) is 0 Å².